The molecular weight excluding hydrogens is 465 g/mol. The zero-order chi connectivity index (χ0) is 25.2. The quantitative estimate of drug-likeness (QED) is 0.383. The Bertz CT molecular complexity index is 1410. The molecule has 0 unspecified atom stereocenters. The van der Waals surface area contributed by atoms with Crippen molar-refractivity contribution in [3.63, 3.8) is 0 Å². The first-order valence-electron chi connectivity index (χ1n) is 10.2. The molecule has 0 aliphatic carbocycles. The molecule has 13 heteroatoms. The molecule has 3 N–H and O–H groups in total. The lowest BCUT2D eigenvalue weighted by Gasteiger charge is -2.15. The van der Waals surface area contributed by atoms with Crippen LogP contribution in [0.3, 0.4) is 0 Å². The maximum absolute atomic E-state index is 12.9. The lowest BCUT2D eigenvalue weighted by Crippen LogP contribution is -2.27. The third-order valence-corrected chi connectivity index (χ3v) is 4.88. The van der Waals surface area contributed by atoms with Gasteiger partial charge < -0.3 is 10.2 Å². The van der Waals surface area contributed by atoms with Crippen LogP contribution in [0.25, 0.3) is 11.1 Å². The molecule has 180 valence electrons. The van der Waals surface area contributed by atoms with E-state index in [1.807, 2.05) is 13.0 Å². The number of aromatic nitrogens is 6. The number of amides is 1. The fourth-order valence-electron chi connectivity index (χ4n) is 3.29. The van der Waals surface area contributed by atoms with E-state index in [1.54, 1.807) is 31.3 Å². The van der Waals surface area contributed by atoms with Crippen molar-refractivity contribution < 1.29 is 18.0 Å². The summed E-state index contributed by atoms with van der Waals surface area (Å²) >= 11 is 0. The monoisotopic (exact) mass is 484 g/mol. The van der Waals surface area contributed by atoms with Crippen LogP contribution in [0.15, 0.2) is 53.6 Å². The molecule has 0 atom stereocenters. The second-order valence-corrected chi connectivity index (χ2v) is 7.69. The number of nitrogens with zero attached hydrogens (tertiary/aromatic N) is 5. The van der Waals surface area contributed by atoms with Crippen molar-refractivity contribution in [2.45, 2.75) is 19.6 Å². The van der Waals surface area contributed by atoms with Gasteiger partial charge in [0.1, 0.15) is 11.4 Å². The fraction of sp³-hybridized carbons (Fsp3) is 0.182. The number of rotatable bonds is 6. The lowest BCUT2D eigenvalue weighted by atomic mass is 10.0. The number of anilines is 2. The number of hydrogen-bond acceptors (Lipinski definition) is 7. The molecular formula is C22H19F3N8O2. The van der Waals surface area contributed by atoms with Gasteiger partial charge in [0.25, 0.3) is 5.91 Å². The first kappa shape index (κ1) is 23.6. The van der Waals surface area contributed by atoms with Crippen molar-refractivity contribution in [3.05, 3.63) is 82.1 Å². The molecule has 3 aromatic heterocycles. The molecule has 0 aliphatic rings. The summed E-state index contributed by atoms with van der Waals surface area (Å²) in [6.45, 7) is 1.92. The van der Waals surface area contributed by atoms with Gasteiger partial charge in [-0.3, -0.25) is 14.8 Å². The van der Waals surface area contributed by atoms with Crippen molar-refractivity contribution in [2.75, 3.05) is 12.4 Å². The van der Waals surface area contributed by atoms with Gasteiger partial charge in [-0.2, -0.15) is 18.3 Å². The van der Waals surface area contributed by atoms with Crippen molar-refractivity contribution in [1.29, 1.82) is 0 Å². The molecule has 1 amide bonds. The van der Waals surface area contributed by atoms with Crippen LogP contribution in [0.4, 0.5) is 24.8 Å². The highest BCUT2D eigenvalue weighted by Gasteiger charge is 2.32. The number of halogens is 3. The molecule has 0 aliphatic heterocycles. The number of H-pyrrole nitrogens is 2. The molecule has 0 radical (unpaired) electrons. The summed E-state index contributed by atoms with van der Waals surface area (Å²) in [6, 6.07) is 9.41. The molecule has 4 rings (SSSR count). The van der Waals surface area contributed by atoms with Crippen LogP contribution in [-0.4, -0.2) is 48.0 Å². The third-order valence-electron chi connectivity index (χ3n) is 4.88. The van der Waals surface area contributed by atoms with Gasteiger partial charge in [0.15, 0.2) is 5.82 Å². The summed E-state index contributed by atoms with van der Waals surface area (Å²) in [5.41, 5.74) is 1.44. The minimum Gasteiger partial charge on any atom is -0.333 e. The minimum absolute atomic E-state index is 0.0888. The standard InChI is InChI=1S/C22H19F3N8O2/c1-12-7-14(9-15(8-12)28-20-26-6-5-17(29-20)22(23,24)25)13-3-4-16(27-10-13)19(34)33(2)11-18-30-21(35)32-31-18/h3-10H,11H2,1-2H3,(H,26,28,29)(H2,30,31,32,35). The second kappa shape index (κ2) is 9.37. The first-order valence-corrected chi connectivity index (χ1v) is 10.2. The highest BCUT2D eigenvalue weighted by atomic mass is 19.4. The van der Waals surface area contributed by atoms with E-state index in [4.69, 9.17) is 0 Å². The lowest BCUT2D eigenvalue weighted by molar-refractivity contribution is -0.141. The summed E-state index contributed by atoms with van der Waals surface area (Å²) in [5.74, 6) is -0.238. The number of aromatic amines is 2. The Labute approximate surface area is 196 Å². The summed E-state index contributed by atoms with van der Waals surface area (Å²) in [7, 11) is 1.55. The Kier molecular flexibility index (Phi) is 6.32. The topological polar surface area (TPSA) is 133 Å². The van der Waals surface area contributed by atoms with E-state index in [-0.39, 0.29) is 24.1 Å². The zero-order valence-electron chi connectivity index (χ0n) is 18.5. The van der Waals surface area contributed by atoms with Crippen molar-refractivity contribution in [1.82, 2.24) is 35.0 Å². The van der Waals surface area contributed by atoms with E-state index in [9.17, 15) is 22.8 Å². The highest BCUT2D eigenvalue weighted by molar-refractivity contribution is 5.92. The van der Waals surface area contributed by atoms with Crippen molar-refractivity contribution in [3.8, 4) is 11.1 Å². The van der Waals surface area contributed by atoms with Crippen LogP contribution in [-0.2, 0) is 12.7 Å². The molecule has 1 aromatic carbocycles. The Balaban J connectivity index is 1.51. The van der Waals surface area contributed by atoms with Gasteiger partial charge in [0.05, 0.1) is 6.54 Å². The number of hydrogen-bond donors (Lipinski definition) is 3. The largest absolute Gasteiger partial charge is 0.433 e. The van der Waals surface area contributed by atoms with Crippen molar-refractivity contribution >= 4 is 17.5 Å². The summed E-state index contributed by atoms with van der Waals surface area (Å²) in [4.78, 5) is 39.2. The van der Waals surface area contributed by atoms with Gasteiger partial charge in [-0.15, -0.1) is 0 Å². The van der Waals surface area contributed by atoms with E-state index in [0.717, 1.165) is 23.4 Å². The van der Waals surface area contributed by atoms with Crippen LogP contribution in [0.5, 0.6) is 0 Å². The first-order chi connectivity index (χ1) is 16.6. The zero-order valence-corrected chi connectivity index (χ0v) is 18.5. The van der Waals surface area contributed by atoms with Crippen LogP contribution < -0.4 is 11.0 Å². The van der Waals surface area contributed by atoms with Gasteiger partial charge in [-0.05, 0) is 42.3 Å². The van der Waals surface area contributed by atoms with Crippen LogP contribution >= 0.6 is 0 Å². The summed E-state index contributed by atoms with van der Waals surface area (Å²) in [6.07, 6.45) is -2.02. The molecule has 0 fully saturated rings. The molecule has 3 heterocycles. The van der Waals surface area contributed by atoms with Gasteiger partial charge in [-0.1, -0.05) is 12.1 Å². The van der Waals surface area contributed by atoms with E-state index in [2.05, 4.69) is 35.5 Å². The fourth-order valence-corrected chi connectivity index (χ4v) is 3.29. The average Bonchev–Trinajstić information content (AvgIpc) is 3.22. The number of carbonyl (C=O) groups excluding carboxylic acids is 1. The smallest absolute Gasteiger partial charge is 0.333 e. The minimum atomic E-state index is -4.58. The Morgan fingerprint density at radius 2 is 1.91 bits per heavy atom. The number of benzene rings is 1. The van der Waals surface area contributed by atoms with Crippen LogP contribution in [0.2, 0.25) is 0 Å². The summed E-state index contributed by atoms with van der Waals surface area (Å²) in [5, 5.41) is 8.80. The highest BCUT2D eigenvalue weighted by Crippen LogP contribution is 2.29. The predicted octanol–water partition coefficient (Wildman–Crippen LogP) is 3.29. The SMILES string of the molecule is Cc1cc(Nc2nccc(C(F)(F)F)n2)cc(-c2ccc(C(=O)N(C)Cc3n[nH]c(=O)[nH]3)nc2)c1. The molecule has 0 bridgehead atoms. The maximum Gasteiger partial charge on any atom is 0.433 e. The van der Waals surface area contributed by atoms with E-state index in [1.165, 1.54) is 11.1 Å². The van der Waals surface area contributed by atoms with Gasteiger partial charge in [0.2, 0.25) is 5.95 Å². The van der Waals surface area contributed by atoms with Crippen molar-refractivity contribution in [2.24, 2.45) is 0 Å². The summed E-state index contributed by atoms with van der Waals surface area (Å²) < 4.78 is 38.8. The van der Waals surface area contributed by atoms with Gasteiger partial charge in [0, 0.05) is 30.7 Å². The molecule has 35 heavy (non-hydrogen) atoms. The van der Waals surface area contributed by atoms with E-state index >= 15 is 0 Å². The van der Waals surface area contributed by atoms with E-state index < -0.39 is 17.6 Å². The number of alkyl halides is 3. The maximum atomic E-state index is 12.9. The average molecular weight is 484 g/mol. The molecule has 0 spiro atoms. The number of pyridine rings is 1. The molecule has 10 nitrogen and oxygen atoms in total. The predicted molar refractivity (Wildman–Crippen MR) is 120 cm³/mol. The number of nitrogens with one attached hydrogen (secondary N) is 3. The second-order valence-electron chi connectivity index (χ2n) is 7.69. The number of carbonyl (C=O) groups is 1. The molecule has 4 aromatic rings. The Morgan fingerprint density at radius 3 is 2.57 bits per heavy atom. The normalized spacial score (nSPS) is 11.3. The Morgan fingerprint density at radius 1 is 1.11 bits per heavy atom. The molecule has 0 saturated heterocycles. The van der Waals surface area contributed by atoms with Gasteiger partial charge in [-0.25, -0.2) is 19.9 Å². The van der Waals surface area contributed by atoms with Gasteiger partial charge >= 0.3 is 11.9 Å². The van der Waals surface area contributed by atoms with Crippen LogP contribution in [0.1, 0.15) is 27.6 Å². The Hall–Kier alpha value is -4.55. The van der Waals surface area contributed by atoms with Crippen LogP contribution in [0, 0.1) is 6.92 Å². The molecule has 0 saturated carbocycles. The third kappa shape index (κ3) is 5.69. The van der Waals surface area contributed by atoms with E-state index in [0.29, 0.717) is 17.1 Å². The number of aryl methyl sites for hydroxylation is 1.